The third-order valence-corrected chi connectivity index (χ3v) is 3.90. The molecule has 21 heavy (non-hydrogen) atoms. The Labute approximate surface area is 128 Å². The zero-order chi connectivity index (χ0) is 15.6. The molecule has 112 valence electrons. The van der Waals surface area contributed by atoms with E-state index in [4.69, 9.17) is 0 Å². The predicted octanol–water partition coefficient (Wildman–Crippen LogP) is 4.74. The molecule has 1 N–H and O–H groups in total. The summed E-state index contributed by atoms with van der Waals surface area (Å²) in [6, 6.07) is 10.7. The Balaban J connectivity index is 2.44. The van der Waals surface area contributed by atoms with Crippen LogP contribution in [0.5, 0.6) is 5.75 Å². The number of para-hydroxylation sites is 1. The highest BCUT2D eigenvalue weighted by atomic mass is 79.9. The molecule has 6 heteroatoms. The van der Waals surface area contributed by atoms with Crippen LogP contribution in [0.1, 0.15) is 22.8 Å². The molecule has 0 spiro atoms. The van der Waals surface area contributed by atoms with Crippen molar-refractivity contribution in [3.8, 4) is 5.75 Å². The lowest BCUT2D eigenvalue weighted by Crippen LogP contribution is -2.19. The molecule has 2 aromatic rings. The lowest BCUT2D eigenvalue weighted by molar-refractivity contribution is -0.275. The van der Waals surface area contributed by atoms with Crippen LogP contribution in [0.4, 0.5) is 13.2 Å². The van der Waals surface area contributed by atoms with Crippen molar-refractivity contribution in [2.45, 2.75) is 19.4 Å². The second-order valence-corrected chi connectivity index (χ2v) is 5.30. The van der Waals surface area contributed by atoms with E-state index in [-0.39, 0.29) is 5.56 Å². The van der Waals surface area contributed by atoms with E-state index in [2.05, 4.69) is 20.7 Å². The summed E-state index contributed by atoms with van der Waals surface area (Å²) in [6.07, 6.45) is -6.01. The molecule has 0 fully saturated rings. The van der Waals surface area contributed by atoms with Crippen LogP contribution in [0.25, 0.3) is 0 Å². The Morgan fingerprint density at radius 3 is 2.33 bits per heavy atom. The summed E-state index contributed by atoms with van der Waals surface area (Å²) < 4.78 is 42.0. The van der Waals surface area contributed by atoms with Crippen LogP contribution in [0, 0.1) is 6.92 Å². The largest absolute Gasteiger partial charge is 0.573 e. The SMILES string of the molecule is Cc1c(Br)cccc1C(O)c1ccccc1OC(F)(F)F. The Morgan fingerprint density at radius 1 is 1.05 bits per heavy atom. The zero-order valence-corrected chi connectivity index (χ0v) is 12.6. The number of aliphatic hydroxyl groups is 1. The Hall–Kier alpha value is -1.53. The number of aliphatic hydroxyl groups excluding tert-OH is 1. The van der Waals surface area contributed by atoms with Gasteiger partial charge in [0.2, 0.25) is 0 Å². The maximum Gasteiger partial charge on any atom is 0.573 e. The van der Waals surface area contributed by atoms with Crippen molar-refractivity contribution in [1.82, 2.24) is 0 Å². The summed E-state index contributed by atoms with van der Waals surface area (Å²) in [6.45, 7) is 1.77. The fraction of sp³-hybridized carbons (Fsp3) is 0.200. The van der Waals surface area contributed by atoms with Crippen LogP contribution in [0.3, 0.4) is 0 Å². The minimum absolute atomic E-state index is 0.0658. The Kier molecular flexibility index (Phi) is 4.58. The molecule has 0 radical (unpaired) electrons. The summed E-state index contributed by atoms with van der Waals surface area (Å²) in [5.74, 6) is -0.406. The van der Waals surface area contributed by atoms with Gasteiger partial charge >= 0.3 is 6.36 Å². The van der Waals surface area contributed by atoms with E-state index in [1.165, 1.54) is 18.2 Å². The summed E-state index contributed by atoms with van der Waals surface area (Å²) >= 11 is 3.33. The first-order valence-electron chi connectivity index (χ1n) is 6.07. The van der Waals surface area contributed by atoms with Crippen LogP contribution < -0.4 is 4.74 Å². The highest BCUT2D eigenvalue weighted by Gasteiger charge is 2.33. The second-order valence-electron chi connectivity index (χ2n) is 4.44. The molecule has 0 aromatic heterocycles. The minimum atomic E-state index is -4.80. The average molecular weight is 361 g/mol. The van der Waals surface area contributed by atoms with E-state index in [1.807, 2.05) is 0 Å². The van der Waals surface area contributed by atoms with E-state index in [9.17, 15) is 18.3 Å². The number of alkyl halides is 3. The number of rotatable bonds is 3. The molecule has 2 rings (SSSR count). The second kappa shape index (κ2) is 6.07. The Morgan fingerprint density at radius 2 is 1.67 bits per heavy atom. The molecule has 2 nitrogen and oxygen atoms in total. The van der Waals surface area contributed by atoms with Gasteiger partial charge in [-0.25, -0.2) is 0 Å². The van der Waals surface area contributed by atoms with Crippen molar-refractivity contribution in [2.75, 3.05) is 0 Å². The van der Waals surface area contributed by atoms with E-state index in [0.29, 0.717) is 5.56 Å². The maximum atomic E-state index is 12.4. The van der Waals surface area contributed by atoms with E-state index in [1.54, 1.807) is 31.2 Å². The lowest BCUT2D eigenvalue weighted by atomic mass is 9.97. The molecule has 1 unspecified atom stereocenters. The standard InChI is InChI=1S/C15H12BrF3O2/c1-9-10(6-4-7-12(9)16)14(20)11-5-2-3-8-13(11)21-15(17,18)19/h2-8,14,20H,1H3. The highest BCUT2D eigenvalue weighted by molar-refractivity contribution is 9.10. The van der Waals surface area contributed by atoms with Gasteiger partial charge in [-0.3, -0.25) is 0 Å². The summed E-state index contributed by atoms with van der Waals surface area (Å²) in [7, 11) is 0. The first kappa shape index (κ1) is 15.9. The molecule has 0 bridgehead atoms. The smallest absolute Gasteiger partial charge is 0.405 e. The molecular formula is C15H12BrF3O2. The van der Waals surface area contributed by atoms with Crippen molar-refractivity contribution in [3.05, 3.63) is 63.6 Å². The van der Waals surface area contributed by atoms with Crippen LogP contribution in [0.2, 0.25) is 0 Å². The fourth-order valence-corrected chi connectivity index (χ4v) is 2.39. The van der Waals surface area contributed by atoms with Crippen molar-refractivity contribution >= 4 is 15.9 Å². The molecule has 1 atom stereocenters. The molecule has 0 aliphatic carbocycles. The van der Waals surface area contributed by atoms with Crippen molar-refractivity contribution in [3.63, 3.8) is 0 Å². The quantitative estimate of drug-likeness (QED) is 0.856. The molecule has 0 saturated carbocycles. The fourth-order valence-electron chi connectivity index (χ4n) is 2.01. The summed E-state index contributed by atoms with van der Waals surface area (Å²) in [4.78, 5) is 0. The summed E-state index contributed by atoms with van der Waals surface area (Å²) in [5.41, 5.74) is 1.34. The van der Waals surface area contributed by atoms with Crippen molar-refractivity contribution in [1.29, 1.82) is 0 Å². The molecular weight excluding hydrogens is 349 g/mol. The van der Waals surface area contributed by atoms with Gasteiger partial charge in [-0.05, 0) is 30.2 Å². The molecule has 0 amide bonds. The number of ether oxygens (including phenoxy) is 1. The average Bonchev–Trinajstić information content (AvgIpc) is 2.40. The number of benzene rings is 2. The number of hydrogen-bond acceptors (Lipinski definition) is 2. The van der Waals surface area contributed by atoms with Gasteiger partial charge in [-0.1, -0.05) is 46.3 Å². The van der Waals surface area contributed by atoms with Gasteiger partial charge in [0.05, 0.1) is 0 Å². The van der Waals surface area contributed by atoms with Crippen molar-refractivity contribution < 1.29 is 23.0 Å². The van der Waals surface area contributed by atoms with Crippen LogP contribution in [-0.4, -0.2) is 11.5 Å². The maximum absolute atomic E-state index is 12.4. The van der Waals surface area contributed by atoms with Gasteiger partial charge in [0.15, 0.2) is 0 Å². The van der Waals surface area contributed by atoms with Crippen molar-refractivity contribution in [2.24, 2.45) is 0 Å². The first-order valence-corrected chi connectivity index (χ1v) is 6.86. The first-order chi connectivity index (χ1) is 9.79. The summed E-state index contributed by atoms with van der Waals surface area (Å²) in [5, 5.41) is 10.4. The van der Waals surface area contributed by atoms with Crippen LogP contribution in [0.15, 0.2) is 46.9 Å². The predicted molar refractivity (Wildman–Crippen MR) is 76.1 cm³/mol. The molecule has 0 heterocycles. The van der Waals surface area contributed by atoms with Gasteiger partial charge in [0.25, 0.3) is 0 Å². The normalized spacial score (nSPS) is 13.0. The zero-order valence-electron chi connectivity index (χ0n) is 11.0. The van der Waals surface area contributed by atoms with Crippen LogP contribution in [-0.2, 0) is 0 Å². The van der Waals surface area contributed by atoms with Crippen LogP contribution >= 0.6 is 15.9 Å². The Bertz CT molecular complexity index is 641. The molecule has 0 aliphatic heterocycles. The van der Waals surface area contributed by atoms with E-state index in [0.717, 1.165) is 10.0 Å². The van der Waals surface area contributed by atoms with Gasteiger partial charge < -0.3 is 9.84 Å². The van der Waals surface area contributed by atoms with Gasteiger partial charge in [0, 0.05) is 10.0 Å². The number of hydrogen-bond donors (Lipinski definition) is 1. The van der Waals surface area contributed by atoms with E-state index >= 15 is 0 Å². The topological polar surface area (TPSA) is 29.5 Å². The van der Waals surface area contributed by atoms with Gasteiger partial charge in [-0.15, -0.1) is 13.2 Å². The minimum Gasteiger partial charge on any atom is -0.405 e. The van der Waals surface area contributed by atoms with E-state index < -0.39 is 18.2 Å². The highest BCUT2D eigenvalue weighted by Crippen LogP contribution is 2.35. The molecule has 0 saturated heterocycles. The number of halogens is 4. The molecule has 2 aromatic carbocycles. The third kappa shape index (κ3) is 3.77. The lowest BCUT2D eigenvalue weighted by Gasteiger charge is -2.19. The monoisotopic (exact) mass is 360 g/mol. The van der Waals surface area contributed by atoms with Gasteiger partial charge in [0.1, 0.15) is 11.9 Å². The molecule has 0 aliphatic rings. The van der Waals surface area contributed by atoms with Gasteiger partial charge in [-0.2, -0.15) is 0 Å². The third-order valence-electron chi connectivity index (χ3n) is 3.04.